The maximum absolute atomic E-state index is 6.08. The molecule has 1 unspecified atom stereocenters. The molecule has 102 valence electrons. The van der Waals surface area contributed by atoms with Crippen molar-refractivity contribution in [1.82, 2.24) is 4.90 Å². The van der Waals surface area contributed by atoms with Crippen molar-refractivity contribution in [2.24, 2.45) is 17.6 Å². The van der Waals surface area contributed by atoms with E-state index in [4.69, 9.17) is 10.5 Å². The summed E-state index contributed by atoms with van der Waals surface area (Å²) in [5.41, 5.74) is 6.10. The van der Waals surface area contributed by atoms with Crippen LogP contribution in [0.3, 0.4) is 0 Å². The molecule has 1 saturated carbocycles. The first-order valence-electron chi connectivity index (χ1n) is 7.04. The lowest BCUT2D eigenvalue weighted by atomic mass is 9.80. The molecule has 17 heavy (non-hydrogen) atoms. The van der Waals surface area contributed by atoms with Crippen molar-refractivity contribution in [3.8, 4) is 0 Å². The van der Waals surface area contributed by atoms with Crippen LogP contribution in [-0.4, -0.2) is 43.8 Å². The Kier molecular flexibility index (Phi) is 5.90. The molecule has 2 N–H and O–H groups in total. The third-order valence-corrected chi connectivity index (χ3v) is 4.54. The summed E-state index contributed by atoms with van der Waals surface area (Å²) in [6, 6.07) is 0. The molecule has 0 aliphatic heterocycles. The molecule has 1 rings (SSSR count). The zero-order chi connectivity index (χ0) is 12.9. The maximum Gasteiger partial charge on any atom is 0.0661 e. The summed E-state index contributed by atoms with van der Waals surface area (Å²) in [4.78, 5) is 2.56. The van der Waals surface area contributed by atoms with Gasteiger partial charge in [-0.3, -0.25) is 4.90 Å². The van der Waals surface area contributed by atoms with E-state index < -0.39 is 0 Å². The van der Waals surface area contributed by atoms with Crippen LogP contribution in [0.15, 0.2) is 0 Å². The van der Waals surface area contributed by atoms with Gasteiger partial charge >= 0.3 is 0 Å². The maximum atomic E-state index is 6.08. The number of nitrogens with zero attached hydrogens (tertiary/aromatic N) is 1. The van der Waals surface area contributed by atoms with Gasteiger partial charge in [-0.2, -0.15) is 0 Å². The SMILES string of the molecule is CCN(CC1CCC1)C(CN)(COC)C(C)C. The topological polar surface area (TPSA) is 38.5 Å². The van der Waals surface area contributed by atoms with Gasteiger partial charge in [-0.25, -0.2) is 0 Å². The first-order valence-corrected chi connectivity index (χ1v) is 7.04. The smallest absolute Gasteiger partial charge is 0.0661 e. The predicted octanol–water partition coefficient (Wildman–Crippen LogP) is 2.11. The minimum absolute atomic E-state index is 0.0130. The van der Waals surface area contributed by atoms with Gasteiger partial charge in [0, 0.05) is 20.2 Å². The number of hydrogen-bond acceptors (Lipinski definition) is 3. The molecule has 0 radical (unpaired) electrons. The molecule has 3 nitrogen and oxygen atoms in total. The van der Waals surface area contributed by atoms with Crippen LogP contribution in [0.5, 0.6) is 0 Å². The molecule has 1 aliphatic carbocycles. The largest absolute Gasteiger partial charge is 0.383 e. The van der Waals surface area contributed by atoms with Crippen LogP contribution in [-0.2, 0) is 4.74 Å². The van der Waals surface area contributed by atoms with Gasteiger partial charge in [-0.15, -0.1) is 0 Å². The number of ether oxygens (including phenoxy) is 1. The van der Waals surface area contributed by atoms with E-state index >= 15 is 0 Å². The molecule has 0 aromatic rings. The molecule has 0 bridgehead atoms. The van der Waals surface area contributed by atoms with Gasteiger partial charge in [0.15, 0.2) is 0 Å². The second-order valence-corrected chi connectivity index (χ2v) is 5.73. The average molecular weight is 242 g/mol. The van der Waals surface area contributed by atoms with Gasteiger partial charge in [-0.1, -0.05) is 27.2 Å². The number of methoxy groups -OCH3 is 1. The predicted molar refractivity (Wildman–Crippen MR) is 73.1 cm³/mol. The average Bonchev–Trinajstić information content (AvgIpc) is 2.25. The molecule has 1 fully saturated rings. The highest BCUT2D eigenvalue weighted by molar-refractivity contribution is 4.95. The molecule has 1 atom stereocenters. The summed E-state index contributed by atoms with van der Waals surface area (Å²) in [7, 11) is 1.78. The van der Waals surface area contributed by atoms with Crippen molar-refractivity contribution in [1.29, 1.82) is 0 Å². The molecule has 0 amide bonds. The Hall–Kier alpha value is -0.120. The van der Waals surface area contributed by atoms with Crippen LogP contribution in [0, 0.1) is 11.8 Å². The minimum atomic E-state index is 0.0130. The Morgan fingerprint density at radius 3 is 2.35 bits per heavy atom. The summed E-state index contributed by atoms with van der Waals surface area (Å²) in [6.07, 6.45) is 4.19. The lowest BCUT2D eigenvalue weighted by molar-refractivity contribution is -0.0275. The summed E-state index contributed by atoms with van der Waals surface area (Å²) >= 11 is 0. The van der Waals surface area contributed by atoms with Gasteiger partial charge in [0.2, 0.25) is 0 Å². The van der Waals surface area contributed by atoms with E-state index in [0.29, 0.717) is 12.5 Å². The fraction of sp³-hybridized carbons (Fsp3) is 1.00. The van der Waals surface area contributed by atoms with E-state index in [1.165, 1.54) is 25.8 Å². The summed E-state index contributed by atoms with van der Waals surface area (Å²) in [6.45, 7) is 10.4. The highest BCUT2D eigenvalue weighted by Gasteiger charge is 2.39. The highest BCUT2D eigenvalue weighted by Crippen LogP contribution is 2.32. The normalized spacial score (nSPS) is 20.6. The van der Waals surface area contributed by atoms with E-state index in [0.717, 1.165) is 19.1 Å². The number of nitrogens with two attached hydrogens (primary N) is 1. The van der Waals surface area contributed by atoms with Crippen molar-refractivity contribution in [3.63, 3.8) is 0 Å². The van der Waals surface area contributed by atoms with Gasteiger partial charge in [0.25, 0.3) is 0 Å². The van der Waals surface area contributed by atoms with Crippen LogP contribution in [0.4, 0.5) is 0 Å². The van der Waals surface area contributed by atoms with Crippen LogP contribution in [0.25, 0.3) is 0 Å². The molecule has 0 spiro atoms. The van der Waals surface area contributed by atoms with Crippen molar-refractivity contribution in [2.45, 2.75) is 45.6 Å². The van der Waals surface area contributed by atoms with Crippen molar-refractivity contribution in [2.75, 3.05) is 33.4 Å². The zero-order valence-corrected chi connectivity index (χ0v) is 12.0. The van der Waals surface area contributed by atoms with Crippen molar-refractivity contribution >= 4 is 0 Å². The highest BCUT2D eigenvalue weighted by atomic mass is 16.5. The fourth-order valence-electron chi connectivity index (χ4n) is 2.91. The first-order chi connectivity index (χ1) is 8.10. The van der Waals surface area contributed by atoms with E-state index in [2.05, 4.69) is 25.7 Å². The van der Waals surface area contributed by atoms with E-state index in [-0.39, 0.29) is 5.54 Å². The minimum Gasteiger partial charge on any atom is -0.383 e. The number of likely N-dealkylation sites (N-methyl/N-ethyl adjacent to an activating group) is 1. The fourth-order valence-corrected chi connectivity index (χ4v) is 2.91. The van der Waals surface area contributed by atoms with Gasteiger partial charge in [0.1, 0.15) is 0 Å². The quantitative estimate of drug-likeness (QED) is 0.708. The third kappa shape index (κ3) is 3.21. The van der Waals surface area contributed by atoms with Crippen molar-refractivity contribution < 1.29 is 4.74 Å². The summed E-state index contributed by atoms with van der Waals surface area (Å²) in [5.74, 6) is 1.41. The summed E-state index contributed by atoms with van der Waals surface area (Å²) < 4.78 is 5.45. The van der Waals surface area contributed by atoms with Crippen LogP contribution in [0.2, 0.25) is 0 Å². The standard InChI is InChI=1S/C14H30N2O/c1-5-16(9-13-7-6-8-13)14(10-15,11-17-4)12(2)3/h12-13H,5-11,15H2,1-4H3. The Balaban J connectivity index is 2.74. The van der Waals surface area contributed by atoms with Crippen LogP contribution in [0.1, 0.15) is 40.0 Å². The Morgan fingerprint density at radius 2 is 2.06 bits per heavy atom. The Labute approximate surface area is 107 Å². The van der Waals surface area contributed by atoms with Gasteiger partial charge in [-0.05, 0) is 31.2 Å². The van der Waals surface area contributed by atoms with Crippen LogP contribution >= 0.6 is 0 Å². The third-order valence-electron chi connectivity index (χ3n) is 4.54. The van der Waals surface area contributed by atoms with E-state index in [1.54, 1.807) is 7.11 Å². The van der Waals surface area contributed by atoms with E-state index in [9.17, 15) is 0 Å². The zero-order valence-electron chi connectivity index (χ0n) is 12.0. The molecule has 0 aromatic heterocycles. The monoisotopic (exact) mass is 242 g/mol. The second-order valence-electron chi connectivity index (χ2n) is 5.73. The Bertz CT molecular complexity index is 216. The molecule has 1 aliphatic rings. The van der Waals surface area contributed by atoms with E-state index in [1.807, 2.05) is 0 Å². The second kappa shape index (κ2) is 6.72. The lowest BCUT2D eigenvalue weighted by Crippen LogP contribution is -2.61. The Morgan fingerprint density at radius 1 is 1.41 bits per heavy atom. The lowest BCUT2D eigenvalue weighted by Gasteiger charge is -2.48. The van der Waals surface area contributed by atoms with Gasteiger partial charge in [0.05, 0.1) is 12.1 Å². The molecular formula is C14H30N2O. The molecule has 0 heterocycles. The van der Waals surface area contributed by atoms with Gasteiger partial charge < -0.3 is 10.5 Å². The molecule has 3 heteroatoms. The molecular weight excluding hydrogens is 212 g/mol. The van der Waals surface area contributed by atoms with Crippen LogP contribution < -0.4 is 5.73 Å². The molecule has 0 saturated heterocycles. The number of rotatable bonds is 8. The summed E-state index contributed by atoms with van der Waals surface area (Å²) in [5, 5.41) is 0. The van der Waals surface area contributed by atoms with Crippen molar-refractivity contribution in [3.05, 3.63) is 0 Å². The number of hydrogen-bond donors (Lipinski definition) is 1. The molecule has 0 aromatic carbocycles. The first kappa shape index (κ1) is 14.9.